The molecule has 0 unspecified atom stereocenters. The van der Waals surface area contributed by atoms with Crippen LogP contribution in [0.1, 0.15) is 31.4 Å². The number of aryl methyl sites for hydroxylation is 1. The average molecular weight is 333 g/mol. The number of rotatable bonds is 3. The molecule has 1 saturated carbocycles. The summed E-state index contributed by atoms with van der Waals surface area (Å²) in [5.74, 6) is 0.654. The Hall–Kier alpha value is -2.96. The molecule has 0 amide bonds. The minimum Gasteiger partial charge on any atom is -0.359 e. The minimum absolute atomic E-state index is 0.473. The van der Waals surface area contributed by atoms with Crippen molar-refractivity contribution in [3.8, 4) is 5.69 Å². The van der Waals surface area contributed by atoms with Crippen LogP contribution in [0.2, 0.25) is 0 Å². The van der Waals surface area contributed by atoms with E-state index in [9.17, 15) is 0 Å². The van der Waals surface area contributed by atoms with Crippen LogP contribution in [0.4, 0.5) is 5.95 Å². The molecular formula is C18H19N7. The summed E-state index contributed by atoms with van der Waals surface area (Å²) in [7, 11) is 0. The molecule has 4 aromatic rings. The van der Waals surface area contributed by atoms with Crippen LogP contribution in [-0.2, 0) is 0 Å². The first-order valence-electron chi connectivity index (χ1n) is 8.71. The Morgan fingerprint density at radius 3 is 2.96 bits per heavy atom. The van der Waals surface area contributed by atoms with Gasteiger partial charge in [0.1, 0.15) is 0 Å². The molecule has 0 aliphatic heterocycles. The Balaban J connectivity index is 1.56. The van der Waals surface area contributed by atoms with E-state index in [2.05, 4.69) is 55.7 Å². The number of H-pyrrole nitrogens is 1. The maximum Gasteiger partial charge on any atom is 0.225 e. The number of benzene rings is 1. The zero-order chi connectivity index (χ0) is 16.8. The third kappa shape index (κ3) is 2.52. The molecule has 25 heavy (non-hydrogen) atoms. The Kier molecular flexibility index (Phi) is 3.19. The van der Waals surface area contributed by atoms with Gasteiger partial charge in [0, 0.05) is 22.6 Å². The highest BCUT2D eigenvalue weighted by Crippen LogP contribution is 2.23. The molecule has 3 aromatic heterocycles. The summed E-state index contributed by atoms with van der Waals surface area (Å²) < 4.78 is 1.78. The topological polar surface area (TPSA) is 84.3 Å². The van der Waals surface area contributed by atoms with Crippen LogP contribution in [0.5, 0.6) is 0 Å². The third-order valence-corrected chi connectivity index (χ3v) is 4.86. The van der Waals surface area contributed by atoms with E-state index in [1.54, 1.807) is 10.9 Å². The highest BCUT2D eigenvalue weighted by Gasteiger charge is 2.17. The van der Waals surface area contributed by atoms with Gasteiger partial charge < -0.3 is 10.3 Å². The van der Waals surface area contributed by atoms with Gasteiger partial charge in [0.25, 0.3) is 0 Å². The zero-order valence-electron chi connectivity index (χ0n) is 14.0. The van der Waals surface area contributed by atoms with Crippen LogP contribution in [0.25, 0.3) is 27.8 Å². The van der Waals surface area contributed by atoms with Gasteiger partial charge in [-0.2, -0.15) is 9.67 Å². The van der Waals surface area contributed by atoms with Gasteiger partial charge in [-0.1, -0.05) is 18.1 Å². The molecular weight excluding hydrogens is 314 g/mol. The summed E-state index contributed by atoms with van der Waals surface area (Å²) in [6.45, 7) is 2.05. The van der Waals surface area contributed by atoms with E-state index in [1.807, 2.05) is 6.07 Å². The maximum atomic E-state index is 4.67. The van der Waals surface area contributed by atoms with E-state index >= 15 is 0 Å². The molecule has 1 fully saturated rings. The second kappa shape index (κ2) is 5.54. The van der Waals surface area contributed by atoms with Crippen LogP contribution in [0.15, 0.2) is 30.5 Å². The quantitative estimate of drug-likeness (QED) is 0.600. The molecule has 0 spiro atoms. The lowest BCUT2D eigenvalue weighted by Crippen LogP contribution is -2.16. The largest absolute Gasteiger partial charge is 0.359 e. The molecule has 0 saturated heterocycles. The van der Waals surface area contributed by atoms with Crippen molar-refractivity contribution < 1.29 is 0 Å². The van der Waals surface area contributed by atoms with Gasteiger partial charge in [-0.25, -0.2) is 4.98 Å². The second-order valence-electron chi connectivity index (χ2n) is 6.75. The van der Waals surface area contributed by atoms with Gasteiger partial charge in [0.2, 0.25) is 5.95 Å². The smallest absolute Gasteiger partial charge is 0.225 e. The number of nitrogens with zero attached hydrogens (tertiary/aromatic N) is 5. The standard InChI is InChI=1S/C18H19N7/c1-11-8-12-9-14(6-7-15(12)20-11)25-17-16(23-24-25)10-19-18(22-17)21-13-4-2-3-5-13/h6-10,13,20H,2-5H2,1H3,(H,19,21,22). The molecule has 3 heterocycles. The van der Waals surface area contributed by atoms with Crippen molar-refractivity contribution in [1.82, 2.24) is 29.9 Å². The average Bonchev–Trinajstić information content (AvgIpc) is 3.32. The van der Waals surface area contributed by atoms with Gasteiger partial charge in [0.05, 0.1) is 11.9 Å². The Labute approximate surface area is 144 Å². The van der Waals surface area contributed by atoms with Crippen molar-refractivity contribution in [2.45, 2.75) is 38.6 Å². The van der Waals surface area contributed by atoms with Crippen molar-refractivity contribution in [2.75, 3.05) is 5.32 Å². The van der Waals surface area contributed by atoms with Crippen molar-refractivity contribution in [1.29, 1.82) is 0 Å². The molecule has 0 atom stereocenters. The Morgan fingerprint density at radius 2 is 2.08 bits per heavy atom. The molecule has 0 bridgehead atoms. The highest BCUT2D eigenvalue weighted by molar-refractivity contribution is 5.83. The molecule has 7 nitrogen and oxygen atoms in total. The fraction of sp³-hybridized carbons (Fsp3) is 0.333. The number of nitrogens with one attached hydrogen (secondary N) is 2. The number of anilines is 1. The van der Waals surface area contributed by atoms with Crippen LogP contribution in [0.3, 0.4) is 0 Å². The van der Waals surface area contributed by atoms with E-state index in [-0.39, 0.29) is 0 Å². The third-order valence-electron chi connectivity index (χ3n) is 4.86. The first kappa shape index (κ1) is 14.4. The molecule has 7 heteroatoms. The molecule has 5 rings (SSSR count). The predicted octanol–water partition coefficient (Wildman–Crippen LogP) is 3.35. The molecule has 1 aliphatic carbocycles. The molecule has 0 radical (unpaired) electrons. The summed E-state index contributed by atoms with van der Waals surface area (Å²) >= 11 is 0. The molecule has 2 N–H and O–H groups in total. The molecule has 126 valence electrons. The SMILES string of the molecule is Cc1cc2cc(-n3nnc4cnc(NC5CCCC5)nc43)ccc2[nH]1. The van der Waals surface area contributed by atoms with Gasteiger partial charge in [-0.05, 0) is 44.0 Å². The number of aromatic amines is 1. The van der Waals surface area contributed by atoms with E-state index in [4.69, 9.17) is 0 Å². The fourth-order valence-corrected chi connectivity index (χ4v) is 3.62. The highest BCUT2D eigenvalue weighted by atomic mass is 15.4. The van der Waals surface area contributed by atoms with Crippen LogP contribution in [0, 0.1) is 6.92 Å². The number of hydrogen-bond donors (Lipinski definition) is 2. The summed E-state index contributed by atoms with van der Waals surface area (Å²) in [5.41, 5.74) is 4.62. The van der Waals surface area contributed by atoms with E-state index in [1.165, 1.54) is 25.7 Å². The van der Waals surface area contributed by atoms with Crippen LogP contribution in [-0.4, -0.2) is 36.0 Å². The fourth-order valence-electron chi connectivity index (χ4n) is 3.62. The summed E-state index contributed by atoms with van der Waals surface area (Å²) in [6.07, 6.45) is 6.65. The van der Waals surface area contributed by atoms with Gasteiger partial charge >= 0.3 is 0 Å². The first-order valence-corrected chi connectivity index (χ1v) is 8.71. The maximum absolute atomic E-state index is 4.67. The van der Waals surface area contributed by atoms with Crippen molar-refractivity contribution >= 4 is 28.0 Å². The van der Waals surface area contributed by atoms with Gasteiger partial charge in [0.15, 0.2) is 11.2 Å². The lowest BCUT2D eigenvalue weighted by atomic mass is 10.2. The number of fused-ring (bicyclic) bond motifs is 2. The minimum atomic E-state index is 0.473. The van der Waals surface area contributed by atoms with Crippen LogP contribution >= 0.6 is 0 Å². The predicted molar refractivity (Wildman–Crippen MR) is 96.9 cm³/mol. The summed E-state index contributed by atoms with van der Waals surface area (Å²) in [5, 5.41) is 13.1. The van der Waals surface area contributed by atoms with Crippen molar-refractivity contribution in [3.63, 3.8) is 0 Å². The monoisotopic (exact) mass is 333 g/mol. The normalized spacial score (nSPS) is 15.4. The second-order valence-corrected chi connectivity index (χ2v) is 6.75. The van der Waals surface area contributed by atoms with Gasteiger partial charge in [-0.3, -0.25) is 0 Å². The van der Waals surface area contributed by atoms with Crippen molar-refractivity contribution in [2.24, 2.45) is 0 Å². The summed E-state index contributed by atoms with van der Waals surface area (Å²) in [4.78, 5) is 12.4. The van der Waals surface area contributed by atoms with Crippen molar-refractivity contribution in [3.05, 3.63) is 36.2 Å². The zero-order valence-corrected chi connectivity index (χ0v) is 14.0. The lowest BCUT2D eigenvalue weighted by Gasteiger charge is -2.11. The number of aromatic nitrogens is 6. The van der Waals surface area contributed by atoms with Crippen LogP contribution < -0.4 is 5.32 Å². The first-order chi connectivity index (χ1) is 12.3. The van der Waals surface area contributed by atoms with E-state index in [0.717, 1.165) is 27.9 Å². The molecule has 1 aliphatic rings. The van der Waals surface area contributed by atoms with E-state index in [0.29, 0.717) is 17.5 Å². The Bertz CT molecular complexity index is 1060. The lowest BCUT2D eigenvalue weighted by molar-refractivity contribution is 0.744. The molecule has 1 aromatic carbocycles. The van der Waals surface area contributed by atoms with E-state index < -0.39 is 0 Å². The Morgan fingerprint density at radius 1 is 1.20 bits per heavy atom. The number of hydrogen-bond acceptors (Lipinski definition) is 5. The summed E-state index contributed by atoms with van der Waals surface area (Å²) in [6, 6.07) is 8.78. The van der Waals surface area contributed by atoms with Gasteiger partial charge in [-0.15, -0.1) is 5.10 Å².